The second-order valence-corrected chi connectivity index (χ2v) is 4.94. The SMILES string of the molecule is O=C1OC(c2ccccc2F)=N/C1=C\c1cccc(C(F)(F)F)c1. The van der Waals surface area contributed by atoms with Crippen molar-refractivity contribution in [2.75, 3.05) is 0 Å². The molecule has 0 spiro atoms. The second-order valence-electron chi connectivity index (χ2n) is 4.94. The van der Waals surface area contributed by atoms with Gasteiger partial charge in [-0.2, -0.15) is 13.2 Å². The van der Waals surface area contributed by atoms with Crippen molar-refractivity contribution in [1.82, 2.24) is 0 Å². The Morgan fingerprint density at radius 2 is 1.79 bits per heavy atom. The molecule has 1 heterocycles. The van der Waals surface area contributed by atoms with Gasteiger partial charge in [-0.05, 0) is 35.9 Å². The van der Waals surface area contributed by atoms with Crippen LogP contribution in [0.25, 0.3) is 6.08 Å². The second kappa shape index (κ2) is 5.92. The van der Waals surface area contributed by atoms with E-state index in [2.05, 4.69) is 4.99 Å². The van der Waals surface area contributed by atoms with Gasteiger partial charge in [-0.3, -0.25) is 0 Å². The molecule has 0 bridgehead atoms. The van der Waals surface area contributed by atoms with Gasteiger partial charge in [0.2, 0.25) is 5.90 Å². The van der Waals surface area contributed by atoms with Crippen molar-refractivity contribution in [2.24, 2.45) is 4.99 Å². The van der Waals surface area contributed by atoms with E-state index >= 15 is 0 Å². The van der Waals surface area contributed by atoms with Crippen molar-refractivity contribution in [2.45, 2.75) is 6.18 Å². The Labute approximate surface area is 133 Å². The van der Waals surface area contributed by atoms with Gasteiger partial charge in [-0.1, -0.05) is 24.3 Å². The number of alkyl halides is 3. The standard InChI is InChI=1S/C17H9F4NO2/c18-13-7-2-1-6-12(13)15-22-14(16(23)24-15)9-10-4-3-5-11(8-10)17(19,20)21/h1-9H/b14-9-. The molecule has 0 N–H and O–H groups in total. The van der Waals surface area contributed by atoms with E-state index in [1.165, 1.54) is 30.3 Å². The summed E-state index contributed by atoms with van der Waals surface area (Å²) in [6, 6.07) is 10.00. The highest BCUT2D eigenvalue weighted by molar-refractivity contribution is 6.12. The first-order chi connectivity index (χ1) is 11.3. The Morgan fingerprint density at radius 1 is 1.04 bits per heavy atom. The number of rotatable bonds is 2. The minimum absolute atomic E-state index is 0.00158. The zero-order chi connectivity index (χ0) is 17.3. The van der Waals surface area contributed by atoms with Gasteiger partial charge in [0.25, 0.3) is 0 Å². The Hall–Kier alpha value is -2.96. The maximum atomic E-state index is 13.7. The van der Waals surface area contributed by atoms with Crippen molar-refractivity contribution in [3.8, 4) is 0 Å². The molecule has 0 saturated heterocycles. The largest absolute Gasteiger partial charge is 0.416 e. The zero-order valence-corrected chi connectivity index (χ0v) is 12.0. The van der Waals surface area contributed by atoms with Crippen LogP contribution in [0.3, 0.4) is 0 Å². The molecule has 3 rings (SSSR count). The molecule has 1 aliphatic heterocycles. The average molecular weight is 335 g/mol. The van der Waals surface area contributed by atoms with E-state index in [9.17, 15) is 22.4 Å². The Kier molecular flexibility index (Phi) is 3.92. The smallest absolute Gasteiger partial charge is 0.402 e. The van der Waals surface area contributed by atoms with Crippen LogP contribution in [0.4, 0.5) is 17.6 Å². The van der Waals surface area contributed by atoms with Gasteiger partial charge in [-0.25, -0.2) is 14.2 Å². The Morgan fingerprint density at radius 3 is 2.50 bits per heavy atom. The van der Waals surface area contributed by atoms with Crippen LogP contribution in [0.1, 0.15) is 16.7 Å². The summed E-state index contributed by atoms with van der Waals surface area (Å²) >= 11 is 0. The van der Waals surface area contributed by atoms with E-state index in [0.717, 1.165) is 18.2 Å². The molecule has 24 heavy (non-hydrogen) atoms. The maximum absolute atomic E-state index is 13.7. The minimum Gasteiger partial charge on any atom is -0.402 e. The number of esters is 1. The zero-order valence-electron chi connectivity index (χ0n) is 12.0. The lowest BCUT2D eigenvalue weighted by Crippen LogP contribution is -2.07. The summed E-state index contributed by atoms with van der Waals surface area (Å²) in [5.41, 5.74) is -0.914. The maximum Gasteiger partial charge on any atom is 0.416 e. The summed E-state index contributed by atoms with van der Waals surface area (Å²) in [6.07, 6.45) is -3.34. The number of ether oxygens (including phenoxy) is 1. The summed E-state index contributed by atoms with van der Waals surface area (Å²) in [6.45, 7) is 0. The first kappa shape index (κ1) is 15.9. The third-order valence-electron chi connectivity index (χ3n) is 3.24. The van der Waals surface area contributed by atoms with Gasteiger partial charge in [0.15, 0.2) is 5.70 Å². The van der Waals surface area contributed by atoms with Crippen LogP contribution in [-0.2, 0) is 15.7 Å². The molecule has 3 nitrogen and oxygen atoms in total. The minimum atomic E-state index is -4.49. The Bertz CT molecular complexity index is 869. The molecule has 2 aromatic carbocycles. The monoisotopic (exact) mass is 335 g/mol. The number of nitrogens with zero attached hydrogens (tertiary/aromatic N) is 1. The number of carbonyl (C=O) groups is 1. The van der Waals surface area contributed by atoms with Crippen LogP contribution in [0.5, 0.6) is 0 Å². The summed E-state index contributed by atoms with van der Waals surface area (Å²) in [5.74, 6) is -1.70. The first-order valence-corrected chi connectivity index (χ1v) is 6.79. The highest BCUT2D eigenvalue weighted by Gasteiger charge is 2.30. The van der Waals surface area contributed by atoms with Gasteiger partial charge in [-0.15, -0.1) is 0 Å². The third kappa shape index (κ3) is 3.19. The van der Waals surface area contributed by atoms with E-state index in [-0.39, 0.29) is 22.7 Å². The molecule has 0 aliphatic carbocycles. The summed E-state index contributed by atoms with van der Waals surface area (Å²) in [7, 11) is 0. The highest BCUT2D eigenvalue weighted by atomic mass is 19.4. The molecule has 0 atom stereocenters. The summed E-state index contributed by atoms with van der Waals surface area (Å²) in [5, 5.41) is 0. The lowest BCUT2D eigenvalue weighted by Gasteiger charge is -2.06. The summed E-state index contributed by atoms with van der Waals surface area (Å²) < 4.78 is 56.7. The van der Waals surface area contributed by atoms with Crippen LogP contribution in [0, 0.1) is 5.82 Å². The van der Waals surface area contributed by atoms with Gasteiger partial charge in [0, 0.05) is 0 Å². The van der Waals surface area contributed by atoms with Crippen molar-refractivity contribution < 1.29 is 27.1 Å². The van der Waals surface area contributed by atoms with Gasteiger partial charge in [0.05, 0.1) is 11.1 Å². The average Bonchev–Trinajstić information content (AvgIpc) is 2.88. The number of aliphatic imine (C=N–C) groups is 1. The molecule has 122 valence electrons. The number of cyclic esters (lactones) is 1. The predicted molar refractivity (Wildman–Crippen MR) is 78.5 cm³/mol. The van der Waals surface area contributed by atoms with Gasteiger partial charge >= 0.3 is 12.1 Å². The van der Waals surface area contributed by atoms with E-state index in [1.807, 2.05) is 0 Å². The van der Waals surface area contributed by atoms with E-state index in [1.54, 1.807) is 6.07 Å². The number of carbonyl (C=O) groups excluding carboxylic acids is 1. The molecule has 1 aliphatic rings. The van der Waals surface area contributed by atoms with Crippen molar-refractivity contribution in [3.63, 3.8) is 0 Å². The topological polar surface area (TPSA) is 38.7 Å². The van der Waals surface area contributed by atoms with Crippen molar-refractivity contribution in [3.05, 3.63) is 76.7 Å². The van der Waals surface area contributed by atoms with Crippen molar-refractivity contribution >= 4 is 17.9 Å². The molecule has 2 aromatic rings. The van der Waals surface area contributed by atoms with Crippen LogP contribution < -0.4 is 0 Å². The number of hydrogen-bond donors (Lipinski definition) is 0. The molecular formula is C17H9F4NO2. The molecule has 0 radical (unpaired) electrons. The van der Waals surface area contributed by atoms with Crippen LogP contribution >= 0.6 is 0 Å². The number of hydrogen-bond acceptors (Lipinski definition) is 3. The van der Waals surface area contributed by atoms with E-state index < -0.39 is 23.5 Å². The summed E-state index contributed by atoms with van der Waals surface area (Å²) in [4.78, 5) is 15.7. The van der Waals surface area contributed by atoms with Crippen molar-refractivity contribution in [1.29, 1.82) is 0 Å². The Balaban J connectivity index is 1.96. The van der Waals surface area contributed by atoms with Gasteiger partial charge in [0.1, 0.15) is 5.82 Å². The fourth-order valence-electron chi connectivity index (χ4n) is 2.12. The highest BCUT2D eigenvalue weighted by Crippen LogP contribution is 2.30. The third-order valence-corrected chi connectivity index (χ3v) is 3.24. The lowest BCUT2D eigenvalue weighted by molar-refractivity contribution is -0.137. The predicted octanol–water partition coefficient (Wildman–Crippen LogP) is 4.19. The van der Waals surface area contributed by atoms with Crippen LogP contribution in [0.15, 0.2) is 59.2 Å². The molecule has 0 fully saturated rings. The normalized spacial score (nSPS) is 16.2. The molecule has 0 amide bonds. The number of benzene rings is 2. The molecule has 0 aromatic heterocycles. The van der Waals surface area contributed by atoms with Crippen LogP contribution in [-0.4, -0.2) is 11.9 Å². The molecule has 0 unspecified atom stereocenters. The molecule has 0 saturated carbocycles. The molecule has 7 heteroatoms. The number of halogens is 4. The fraction of sp³-hybridized carbons (Fsp3) is 0.0588. The first-order valence-electron chi connectivity index (χ1n) is 6.79. The molecular weight excluding hydrogens is 326 g/mol. The van der Waals surface area contributed by atoms with Crippen LogP contribution in [0.2, 0.25) is 0 Å². The fourth-order valence-corrected chi connectivity index (χ4v) is 2.12. The van der Waals surface area contributed by atoms with Gasteiger partial charge < -0.3 is 4.74 Å². The quantitative estimate of drug-likeness (QED) is 0.469. The van der Waals surface area contributed by atoms with E-state index in [4.69, 9.17) is 4.74 Å². The lowest BCUT2D eigenvalue weighted by atomic mass is 10.1. The van der Waals surface area contributed by atoms with E-state index in [0.29, 0.717) is 0 Å².